The molecule has 52 valence electrons. The van der Waals surface area contributed by atoms with Crippen LogP contribution in [0.2, 0.25) is 0 Å². The van der Waals surface area contributed by atoms with Crippen molar-refractivity contribution in [3.8, 4) is 0 Å². The van der Waals surface area contributed by atoms with Crippen LogP contribution in [0.25, 0.3) is 0 Å². The number of hydrogen-bond acceptors (Lipinski definition) is 1. The van der Waals surface area contributed by atoms with E-state index in [9.17, 15) is 0 Å². The number of allylic oxidation sites excluding steroid dienone is 2. The second-order valence-corrected chi connectivity index (χ2v) is 2.91. The molecule has 0 saturated heterocycles. The fourth-order valence-electron chi connectivity index (χ4n) is 1.61. The molecule has 0 atom stereocenters. The van der Waals surface area contributed by atoms with Gasteiger partial charge >= 0.3 is 0 Å². The topological polar surface area (TPSA) is 12.4 Å². The third kappa shape index (κ3) is 0.737. The number of aliphatic imine (C=N–C) groups is 1. The quantitative estimate of drug-likeness (QED) is 0.481. The molecule has 0 aromatic heterocycles. The molecule has 0 unspecified atom stereocenters. The lowest BCUT2D eigenvalue weighted by atomic mass is 10.1. The number of rotatable bonds is 0. The maximum absolute atomic E-state index is 4.33. The summed E-state index contributed by atoms with van der Waals surface area (Å²) in [5.41, 5.74) is 3.99. The van der Waals surface area contributed by atoms with Crippen molar-refractivity contribution in [3.05, 3.63) is 23.4 Å². The van der Waals surface area contributed by atoms with Crippen molar-refractivity contribution in [2.45, 2.75) is 25.7 Å². The summed E-state index contributed by atoms with van der Waals surface area (Å²) >= 11 is 0. The van der Waals surface area contributed by atoms with Gasteiger partial charge < -0.3 is 0 Å². The Morgan fingerprint density at radius 2 is 2.20 bits per heavy atom. The average Bonchev–Trinajstić information content (AvgIpc) is 2.34. The van der Waals surface area contributed by atoms with Crippen molar-refractivity contribution in [2.24, 2.45) is 4.99 Å². The largest absolute Gasteiger partial charge is 0.261 e. The smallest absolute Gasteiger partial charge is 0.0644 e. The Morgan fingerprint density at radius 3 is 3.00 bits per heavy atom. The minimum Gasteiger partial charge on any atom is -0.261 e. The summed E-state index contributed by atoms with van der Waals surface area (Å²) in [5.74, 6) is 0. The molecule has 1 heterocycles. The highest BCUT2D eigenvalue weighted by atomic mass is 14.8. The lowest BCUT2D eigenvalue weighted by Crippen LogP contribution is -1.91. The van der Waals surface area contributed by atoms with Gasteiger partial charge in [0.15, 0.2) is 0 Å². The van der Waals surface area contributed by atoms with E-state index in [2.05, 4.69) is 11.6 Å². The van der Waals surface area contributed by atoms with Gasteiger partial charge in [-0.25, -0.2) is 0 Å². The van der Waals surface area contributed by atoms with Gasteiger partial charge in [0, 0.05) is 6.21 Å². The summed E-state index contributed by atoms with van der Waals surface area (Å²) in [6.07, 6.45) is 6.72. The van der Waals surface area contributed by atoms with Gasteiger partial charge in [-0.05, 0) is 36.8 Å². The molecule has 0 fully saturated rings. The molecule has 0 aromatic carbocycles. The second kappa shape index (κ2) is 2.08. The van der Waals surface area contributed by atoms with Crippen LogP contribution in [0.4, 0.5) is 0 Å². The fourth-order valence-corrected chi connectivity index (χ4v) is 1.61. The van der Waals surface area contributed by atoms with E-state index in [0.717, 1.165) is 12.8 Å². The van der Waals surface area contributed by atoms with Crippen LogP contribution < -0.4 is 0 Å². The van der Waals surface area contributed by atoms with E-state index in [1.165, 1.54) is 29.7 Å². The summed E-state index contributed by atoms with van der Waals surface area (Å²) in [6.45, 7) is 3.97. The minimum atomic E-state index is 1.13. The molecule has 0 N–H and O–H groups in total. The van der Waals surface area contributed by atoms with Crippen molar-refractivity contribution in [3.63, 3.8) is 0 Å². The highest BCUT2D eigenvalue weighted by molar-refractivity contribution is 5.64. The predicted molar refractivity (Wildman–Crippen MR) is 43.1 cm³/mol. The minimum absolute atomic E-state index is 1.13. The molecule has 2 aliphatic rings. The molecule has 1 aliphatic heterocycles. The monoisotopic (exact) mass is 133 g/mol. The van der Waals surface area contributed by atoms with E-state index in [-0.39, 0.29) is 0 Å². The Kier molecular flexibility index (Phi) is 1.23. The van der Waals surface area contributed by atoms with Gasteiger partial charge in [-0.1, -0.05) is 6.58 Å². The van der Waals surface area contributed by atoms with Gasteiger partial charge in [-0.3, -0.25) is 4.99 Å². The summed E-state index contributed by atoms with van der Waals surface area (Å²) in [5, 5.41) is 0. The summed E-state index contributed by atoms with van der Waals surface area (Å²) in [7, 11) is 0. The fraction of sp³-hybridized carbons (Fsp3) is 0.444. The highest BCUT2D eigenvalue weighted by Crippen LogP contribution is 2.35. The molecule has 1 nitrogen and oxygen atoms in total. The van der Waals surface area contributed by atoms with Crippen LogP contribution in [0.3, 0.4) is 0 Å². The second-order valence-electron chi connectivity index (χ2n) is 2.91. The molecule has 0 spiro atoms. The maximum atomic E-state index is 4.33. The lowest BCUT2D eigenvalue weighted by molar-refractivity contribution is 0.905. The standard InChI is InChI=1S/C9H11N/c1-7-4-5-8-3-2-6-10-9(7)8/h6H,1-5H2. The Morgan fingerprint density at radius 1 is 1.30 bits per heavy atom. The third-order valence-electron chi connectivity index (χ3n) is 2.19. The summed E-state index contributed by atoms with van der Waals surface area (Å²) in [4.78, 5) is 4.33. The van der Waals surface area contributed by atoms with Crippen LogP contribution in [0, 0.1) is 0 Å². The van der Waals surface area contributed by atoms with Gasteiger partial charge in [-0.15, -0.1) is 0 Å². The van der Waals surface area contributed by atoms with Crippen LogP contribution in [0.1, 0.15) is 25.7 Å². The van der Waals surface area contributed by atoms with E-state index in [1.807, 2.05) is 6.21 Å². The molecule has 0 saturated carbocycles. The molecule has 2 rings (SSSR count). The van der Waals surface area contributed by atoms with Crippen molar-refractivity contribution in [1.82, 2.24) is 0 Å². The number of nitrogens with zero attached hydrogens (tertiary/aromatic N) is 1. The average molecular weight is 133 g/mol. The SMILES string of the molecule is C=C1CCC2=C1N=CCC2. The summed E-state index contributed by atoms with van der Waals surface area (Å²) in [6, 6.07) is 0. The lowest BCUT2D eigenvalue weighted by Gasteiger charge is -2.05. The zero-order chi connectivity index (χ0) is 6.97. The van der Waals surface area contributed by atoms with E-state index in [1.54, 1.807) is 0 Å². The summed E-state index contributed by atoms with van der Waals surface area (Å²) < 4.78 is 0. The van der Waals surface area contributed by atoms with Gasteiger partial charge in [-0.2, -0.15) is 0 Å². The molecule has 0 amide bonds. The molecular formula is C9H11N. The van der Waals surface area contributed by atoms with Crippen LogP contribution in [-0.4, -0.2) is 6.21 Å². The molecular weight excluding hydrogens is 122 g/mol. The first-order chi connectivity index (χ1) is 4.88. The first-order valence-electron chi connectivity index (χ1n) is 3.80. The molecule has 0 aromatic rings. The molecule has 0 bridgehead atoms. The van der Waals surface area contributed by atoms with E-state index >= 15 is 0 Å². The first kappa shape index (κ1) is 5.90. The van der Waals surface area contributed by atoms with Gasteiger partial charge in [0.05, 0.1) is 5.70 Å². The van der Waals surface area contributed by atoms with Crippen LogP contribution >= 0.6 is 0 Å². The molecule has 1 aliphatic carbocycles. The Balaban J connectivity index is 2.38. The van der Waals surface area contributed by atoms with E-state index < -0.39 is 0 Å². The zero-order valence-corrected chi connectivity index (χ0v) is 6.06. The first-order valence-corrected chi connectivity index (χ1v) is 3.80. The zero-order valence-electron chi connectivity index (χ0n) is 6.06. The Labute approximate surface area is 61.2 Å². The predicted octanol–water partition coefficient (Wildman–Crippen LogP) is 2.46. The van der Waals surface area contributed by atoms with E-state index in [0.29, 0.717) is 0 Å². The normalized spacial score (nSPS) is 23.8. The molecule has 1 heteroatoms. The third-order valence-corrected chi connectivity index (χ3v) is 2.19. The Hall–Kier alpha value is -0.850. The Bertz CT molecular complexity index is 229. The maximum Gasteiger partial charge on any atom is 0.0644 e. The van der Waals surface area contributed by atoms with Crippen molar-refractivity contribution < 1.29 is 0 Å². The van der Waals surface area contributed by atoms with Crippen molar-refractivity contribution in [2.75, 3.05) is 0 Å². The van der Waals surface area contributed by atoms with Crippen molar-refractivity contribution >= 4 is 6.21 Å². The van der Waals surface area contributed by atoms with E-state index in [4.69, 9.17) is 0 Å². The van der Waals surface area contributed by atoms with Gasteiger partial charge in [0.1, 0.15) is 0 Å². The number of hydrogen-bond donors (Lipinski definition) is 0. The molecule has 0 radical (unpaired) electrons. The van der Waals surface area contributed by atoms with Crippen LogP contribution in [-0.2, 0) is 0 Å². The highest BCUT2D eigenvalue weighted by Gasteiger charge is 2.18. The van der Waals surface area contributed by atoms with Crippen LogP contribution in [0.15, 0.2) is 28.4 Å². The molecule has 10 heavy (non-hydrogen) atoms. The van der Waals surface area contributed by atoms with Gasteiger partial charge in [0.2, 0.25) is 0 Å². The van der Waals surface area contributed by atoms with Gasteiger partial charge in [0.25, 0.3) is 0 Å². The van der Waals surface area contributed by atoms with Crippen molar-refractivity contribution in [1.29, 1.82) is 0 Å². The van der Waals surface area contributed by atoms with Crippen LogP contribution in [0.5, 0.6) is 0 Å².